The van der Waals surface area contributed by atoms with Gasteiger partial charge in [-0.3, -0.25) is 9.59 Å². The van der Waals surface area contributed by atoms with Crippen molar-refractivity contribution in [2.75, 3.05) is 13.1 Å². The largest absolute Gasteiger partial charge is 0.480 e. The Labute approximate surface area is 76.5 Å². The predicted octanol–water partition coefficient (Wildman–Crippen LogP) is -0.0572. The van der Waals surface area contributed by atoms with Gasteiger partial charge in [-0.2, -0.15) is 0 Å². The van der Waals surface area contributed by atoms with Crippen LogP contribution >= 0.6 is 0 Å². The van der Waals surface area contributed by atoms with Gasteiger partial charge in [-0.25, -0.2) is 0 Å². The van der Waals surface area contributed by atoms with Crippen LogP contribution in [0.5, 0.6) is 0 Å². The van der Waals surface area contributed by atoms with E-state index < -0.39 is 11.9 Å². The molecular weight excluding hydrogens is 170 g/mol. The molecule has 0 unspecified atom stereocenters. The average Bonchev–Trinajstić information content (AvgIpc) is 2.85. The van der Waals surface area contributed by atoms with Gasteiger partial charge in [-0.1, -0.05) is 0 Å². The van der Waals surface area contributed by atoms with Crippen LogP contribution in [0.1, 0.15) is 12.8 Å². The quantitative estimate of drug-likeness (QED) is 0.618. The Morgan fingerprint density at radius 1 is 1.54 bits per heavy atom. The van der Waals surface area contributed by atoms with E-state index in [9.17, 15) is 9.59 Å². The lowest BCUT2D eigenvalue weighted by Crippen LogP contribution is -2.36. The van der Waals surface area contributed by atoms with Crippen molar-refractivity contribution in [1.82, 2.24) is 4.90 Å². The van der Waals surface area contributed by atoms with Crippen molar-refractivity contribution in [3.05, 3.63) is 0 Å². The van der Waals surface area contributed by atoms with Crippen LogP contribution in [0.25, 0.3) is 0 Å². The summed E-state index contributed by atoms with van der Waals surface area (Å²) in [7, 11) is 0. The minimum absolute atomic E-state index is 0.292. The van der Waals surface area contributed by atoms with Gasteiger partial charge in [0.1, 0.15) is 6.54 Å². The van der Waals surface area contributed by atoms with Gasteiger partial charge in [0.25, 0.3) is 5.91 Å². The van der Waals surface area contributed by atoms with E-state index in [0.29, 0.717) is 12.5 Å². The first-order valence-electron chi connectivity index (χ1n) is 4.10. The maximum Gasteiger partial charge on any atom is 0.323 e. The lowest BCUT2D eigenvalue weighted by atomic mass is 10.3. The number of carbonyl (C=O) groups is 2. The maximum atomic E-state index is 11.0. The fraction of sp³-hybridized carbons (Fsp3) is 0.556. The summed E-state index contributed by atoms with van der Waals surface area (Å²) in [6.45, 7) is 0.189. The molecule has 1 rings (SSSR count). The number of carboxylic acids is 1. The summed E-state index contributed by atoms with van der Waals surface area (Å²) in [6, 6.07) is 0. The zero-order valence-electron chi connectivity index (χ0n) is 7.19. The number of carbonyl (C=O) groups excluding carboxylic acids is 1. The highest BCUT2D eigenvalue weighted by Gasteiger charge is 2.27. The zero-order chi connectivity index (χ0) is 9.84. The highest BCUT2D eigenvalue weighted by atomic mass is 16.4. The molecule has 0 heterocycles. The fourth-order valence-electron chi connectivity index (χ4n) is 1.09. The molecular formula is C9H11NO3. The lowest BCUT2D eigenvalue weighted by Gasteiger charge is -2.16. The normalized spacial score (nSPS) is 14.7. The smallest absolute Gasteiger partial charge is 0.323 e. The topological polar surface area (TPSA) is 57.6 Å². The number of hydrogen-bond donors (Lipinski definition) is 1. The summed E-state index contributed by atoms with van der Waals surface area (Å²) in [5, 5.41) is 8.50. The Hall–Kier alpha value is -1.50. The molecule has 0 aromatic carbocycles. The third-order valence-corrected chi connectivity index (χ3v) is 1.91. The van der Waals surface area contributed by atoms with Crippen LogP contribution in [0.2, 0.25) is 0 Å². The second-order valence-electron chi connectivity index (χ2n) is 3.17. The van der Waals surface area contributed by atoms with E-state index in [1.54, 1.807) is 0 Å². The van der Waals surface area contributed by atoms with E-state index in [4.69, 9.17) is 11.5 Å². The average molecular weight is 181 g/mol. The van der Waals surface area contributed by atoms with Crippen molar-refractivity contribution >= 4 is 11.9 Å². The molecule has 1 aliphatic rings. The number of carboxylic acid groups (broad SMARTS) is 1. The van der Waals surface area contributed by atoms with Gasteiger partial charge in [0.05, 0.1) is 0 Å². The minimum atomic E-state index is -1.02. The molecule has 1 N–H and O–H groups in total. The van der Waals surface area contributed by atoms with Crippen molar-refractivity contribution in [2.45, 2.75) is 12.8 Å². The second kappa shape index (κ2) is 3.94. The number of hydrogen-bond acceptors (Lipinski definition) is 2. The van der Waals surface area contributed by atoms with Crippen LogP contribution in [0.3, 0.4) is 0 Å². The molecule has 4 heteroatoms. The highest BCUT2D eigenvalue weighted by Crippen LogP contribution is 2.29. The number of terminal acetylenes is 1. The molecule has 1 fully saturated rings. The molecule has 1 amide bonds. The Kier molecular flexibility index (Phi) is 2.91. The van der Waals surface area contributed by atoms with E-state index in [-0.39, 0.29) is 6.54 Å². The van der Waals surface area contributed by atoms with Crippen LogP contribution in [0.15, 0.2) is 0 Å². The number of rotatable bonds is 4. The molecule has 0 bridgehead atoms. The van der Waals surface area contributed by atoms with Crippen molar-refractivity contribution in [2.24, 2.45) is 5.92 Å². The zero-order valence-corrected chi connectivity index (χ0v) is 7.19. The third kappa shape index (κ3) is 3.16. The number of amides is 1. The van der Waals surface area contributed by atoms with Gasteiger partial charge in [0.2, 0.25) is 0 Å². The summed E-state index contributed by atoms with van der Waals surface area (Å²) >= 11 is 0. The molecule has 70 valence electrons. The van der Waals surface area contributed by atoms with Gasteiger partial charge in [-0.15, -0.1) is 6.42 Å². The summed E-state index contributed by atoms with van der Waals surface area (Å²) in [5.41, 5.74) is 0. The van der Waals surface area contributed by atoms with E-state index in [1.165, 1.54) is 4.90 Å². The Balaban J connectivity index is 2.47. The van der Waals surface area contributed by atoms with Gasteiger partial charge in [0, 0.05) is 6.54 Å². The predicted molar refractivity (Wildman–Crippen MR) is 45.8 cm³/mol. The van der Waals surface area contributed by atoms with E-state index in [1.807, 2.05) is 5.92 Å². The van der Waals surface area contributed by atoms with Gasteiger partial charge in [-0.05, 0) is 24.7 Å². The van der Waals surface area contributed by atoms with Crippen LogP contribution in [-0.4, -0.2) is 35.0 Å². The summed E-state index contributed by atoms with van der Waals surface area (Å²) in [6.07, 6.45) is 7.04. The molecule has 0 atom stereocenters. The molecule has 0 spiro atoms. The Morgan fingerprint density at radius 3 is 2.54 bits per heavy atom. The van der Waals surface area contributed by atoms with Crippen LogP contribution in [-0.2, 0) is 9.59 Å². The monoisotopic (exact) mass is 181 g/mol. The van der Waals surface area contributed by atoms with Crippen molar-refractivity contribution in [1.29, 1.82) is 0 Å². The molecule has 0 saturated heterocycles. The summed E-state index contributed by atoms with van der Waals surface area (Å²) < 4.78 is 0. The first kappa shape index (κ1) is 9.59. The molecule has 0 aromatic heterocycles. The molecule has 1 saturated carbocycles. The van der Waals surface area contributed by atoms with Crippen molar-refractivity contribution < 1.29 is 14.7 Å². The Morgan fingerprint density at radius 2 is 2.15 bits per heavy atom. The van der Waals surface area contributed by atoms with Gasteiger partial charge in [0.15, 0.2) is 0 Å². The SMILES string of the molecule is C#CC(=O)N(CC(=O)O)CC1CC1. The van der Waals surface area contributed by atoms with Crippen molar-refractivity contribution in [3.8, 4) is 12.3 Å². The first-order chi connectivity index (χ1) is 6.13. The van der Waals surface area contributed by atoms with Gasteiger partial charge >= 0.3 is 5.97 Å². The second-order valence-corrected chi connectivity index (χ2v) is 3.17. The minimum Gasteiger partial charge on any atom is -0.480 e. The van der Waals surface area contributed by atoms with Crippen LogP contribution < -0.4 is 0 Å². The van der Waals surface area contributed by atoms with Crippen LogP contribution in [0, 0.1) is 18.3 Å². The van der Waals surface area contributed by atoms with Gasteiger partial charge < -0.3 is 10.0 Å². The highest BCUT2D eigenvalue weighted by molar-refractivity contribution is 5.94. The van der Waals surface area contributed by atoms with Crippen LogP contribution in [0.4, 0.5) is 0 Å². The number of aliphatic carboxylic acids is 1. The lowest BCUT2D eigenvalue weighted by molar-refractivity contribution is -0.142. The van der Waals surface area contributed by atoms with Crippen molar-refractivity contribution in [3.63, 3.8) is 0 Å². The molecule has 1 aliphatic carbocycles. The maximum absolute atomic E-state index is 11.0. The van der Waals surface area contributed by atoms with E-state index >= 15 is 0 Å². The number of nitrogens with zero attached hydrogens (tertiary/aromatic N) is 1. The molecule has 4 nitrogen and oxygen atoms in total. The molecule has 0 radical (unpaired) electrons. The van der Waals surface area contributed by atoms with E-state index in [2.05, 4.69) is 0 Å². The standard InChI is InChI=1S/C9H11NO3/c1-2-8(11)10(6-9(12)13)5-7-3-4-7/h1,7H,3-6H2,(H,12,13). The summed E-state index contributed by atoms with van der Waals surface area (Å²) in [5.74, 6) is 0.826. The third-order valence-electron chi connectivity index (χ3n) is 1.91. The first-order valence-corrected chi connectivity index (χ1v) is 4.10. The Bertz CT molecular complexity index is 263. The fourth-order valence-corrected chi connectivity index (χ4v) is 1.09. The molecule has 13 heavy (non-hydrogen) atoms. The summed E-state index contributed by atoms with van der Waals surface area (Å²) in [4.78, 5) is 22.6. The molecule has 0 aliphatic heterocycles. The molecule has 0 aromatic rings. The van der Waals surface area contributed by atoms with E-state index in [0.717, 1.165) is 12.8 Å².